The molecule has 3 rings (SSSR count). The SMILES string of the molecule is Cc1cc(C)c(NC(=O)c2ccc(NC(=O)Cn3cc(C)ccc3=O)cc2)c(C)c1. The molecule has 3 aromatic rings. The monoisotopic (exact) mass is 403 g/mol. The number of nitrogens with zero attached hydrogens (tertiary/aromatic N) is 1. The largest absolute Gasteiger partial charge is 0.325 e. The molecule has 0 bridgehead atoms. The van der Waals surface area contributed by atoms with Gasteiger partial charge in [-0.1, -0.05) is 23.8 Å². The van der Waals surface area contributed by atoms with Crippen molar-refractivity contribution in [2.24, 2.45) is 0 Å². The van der Waals surface area contributed by atoms with Crippen LogP contribution in [-0.4, -0.2) is 16.4 Å². The average Bonchev–Trinajstić information content (AvgIpc) is 2.68. The molecule has 0 fully saturated rings. The smallest absolute Gasteiger partial charge is 0.255 e. The number of hydrogen-bond donors (Lipinski definition) is 2. The van der Waals surface area contributed by atoms with Crippen LogP contribution in [-0.2, 0) is 11.3 Å². The number of carbonyl (C=O) groups is 2. The Kier molecular flexibility index (Phi) is 6.16. The Morgan fingerprint density at radius 3 is 2.10 bits per heavy atom. The molecular weight excluding hydrogens is 378 g/mol. The summed E-state index contributed by atoms with van der Waals surface area (Å²) >= 11 is 0. The number of amides is 2. The van der Waals surface area contributed by atoms with Crippen LogP contribution in [0.3, 0.4) is 0 Å². The van der Waals surface area contributed by atoms with Gasteiger partial charge in [0.1, 0.15) is 6.54 Å². The van der Waals surface area contributed by atoms with E-state index in [1.807, 2.05) is 39.8 Å². The standard InChI is InChI=1S/C24H25N3O3/c1-15-5-10-22(29)27(13-15)14-21(28)25-20-8-6-19(7-9-20)24(30)26-23-17(3)11-16(2)12-18(23)4/h5-13H,14H2,1-4H3,(H,25,28)(H,26,30). The molecule has 1 aromatic heterocycles. The van der Waals surface area contributed by atoms with Gasteiger partial charge in [0.05, 0.1) is 0 Å². The van der Waals surface area contributed by atoms with Crippen molar-refractivity contribution in [1.29, 1.82) is 0 Å². The Labute approximate surface area is 175 Å². The van der Waals surface area contributed by atoms with Gasteiger partial charge in [-0.25, -0.2) is 0 Å². The summed E-state index contributed by atoms with van der Waals surface area (Å²) < 4.78 is 1.36. The van der Waals surface area contributed by atoms with Crippen LogP contribution in [0.2, 0.25) is 0 Å². The molecule has 0 spiro atoms. The minimum absolute atomic E-state index is 0.0747. The van der Waals surface area contributed by atoms with Gasteiger partial charge in [0.15, 0.2) is 0 Å². The summed E-state index contributed by atoms with van der Waals surface area (Å²) in [6.45, 7) is 7.74. The number of benzene rings is 2. The fourth-order valence-electron chi connectivity index (χ4n) is 3.40. The Morgan fingerprint density at radius 2 is 1.47 bits per heavy atom. The molecule has 0 radical (unpaired) electrons. The predicted octanol–water partition coefficient (Wildman–Crippen LogP) is 3.97. The summed E-state index contributed by atoms with van der Waals surface area (Å²) in [5.41, 5.74) is 5.69. The lowest BCUT2D eigenvalue weighted by atomic mass is 10.0. The lowest BCUT2D eigenvalue weighted by molar-refractivity contribution is -0.116. The van der Waals surface area contributed by atoms with Gasteiger partial charge in [-0.2, -0.15) is 0 Å². The Morgan fingerprint density at radius 1 is 0.833 bits per heavy atom. The molecule has 6 heteroatoms. The van der Waals surface area contributed by atoms with Gasteiger partial charge >= 0.3 is 0 Å². The third-order valence-corrected chi connectivity index (χ3v) is 4.79. The number of carbonyl (C=O) groups excluding carboxylic acids is 2. The van der Waals surface area contributed by atoms with Gasteiger partial charge in [0.2, 0.25) is 5.91 Å². The van der Waals surface area contributed by atoms with E-state index in [9.17, 15) is 14.4 Å². The molecule has 0 aliphatic carbocycles. The van der Waals surface area contributed by atoms with Crippen molar-refractivity contribution in [3.63, 3.8) is 0 Å². The van der Waals surface area contributed by atoms with Crippen LogP contribution in [0, 0.1) is 27.7 Å². The highest BCUT2D eigenvalue weighted by Crippen LogP contribution is 2.23. The molecule has 2 aromatic carbocycles. The molecule has 2 amide bonds. The summed E-state index contributed by atoms with van der Waals surface area (Å²) in [7, 11) is 0. The minimum Gasteiger partial charge on any atom is -0.325 e. The number of nitrogens with one attached hydrogen (secondary N) is 2. The van der Waals surface area contributed by atoms with Crippen LogP contribution >= 0.6 is 0 Å². The summed E-state index contributed by atoms with van der Waals surface area (Å²) in [6.07, 6.45) is 1.64. The highest BCUT2D eigenvalue weighted by Gasteiger charge is 2.11. The van der Waals surface area contributed by atoms with E-state index >= 15 is 0 Å². The Bertz CT molecular complexity index is 1140. The fourth-order valence-corrected chi connectivity index (χ4v) is 3.40. The van der Waals surface area contributed by atoms with Crippen molar-refractivity contribution < 1.29 is 9.59 Å². The summed E-state index contributed by atoms with van der Waals surface area (Å²) in [4.78, 5) is 36.7. The molecular formula is C24H25N3O3. The van der Waals surface area contributed by atoms with Crippen molar-refractivity contribution in [3.05, 3.63) is 92.9 Å². The maximum Gasteiger partial charge on any atom is 0.255 e. The molecule has 6 nitrogen and oxygen atoms in total. The zero-order valence-electron chi connectivity index (χ0n) is 17.6. The predicted molar refractivity (Wildman–Crippen MR) is 119 cm³/mol. The van der Waals surface area contributed by atoms with Crippen LogP contribution in [0.5, 0.6) is 0 Å². The average molecular weight is 403 g/mol. The minimum atomic E-state index is -0.314. The molecule has 154 valence electrons. The van der Waals surface area contributed by atoms with Gasteiger partial charge in [-0.15, -0.1) is 0 Å². The van der Waals surface area contributed by atoms with Crippen LogP contribution in [0.15, 0.2) is 59.5 Å². The molecule has 1 heterocycles. The topological polar surface area (TPSA) is 80.2 Å². The number of rotatable bonds is 5. The molecule has 0 atom stereocenters. The molecule has 0 saturated heterocycles. The van der Waals surface area contributed by atoms with E-state index in [0.717, 1.165) is 27.9 Å². The van der Waals surface area contributed by atoms with Gasteiger partial charge in [-0.05, 0) is 68.7 Å². The normalized spacial score (nSPS) is 10.5. The quantitative estimate of drug-likeness (QED) is 0.676. The summed E-state index contributed by atoms with van der Waals surface area (Å²) in [5, 5.41) is 5.71. The van der Waals surface area contributed by atoms with E-state index in [2.05, 4.69) is 10.6 Å². The van der Waals surface area contributed by atoms with Crippen LogP contribution in [0.1, 0.15) is 32.6 Å². The van der Waals surface area contributed by atoms with Gasteiger partial charge in [-0.3, -0.25) is 14.4 Å². The second-order valence-electron chi connectivity index (χ2n) is 7.53. The van der Waals surface area contributed by atoms with E-state index in [1.165, 1.54) is 10.6 Å². The molecule has 0 aliphatic rings. The second-order valence-corrected chi connectivity index (χ2v) is 7.53. The van der Waals surface area contributed by atoms with Crippen LogP contribution < -0.4 is 16.2 Å². The highest BCUT2D eigenvalue weighted by atomic mass is 16.2. The van der Waals surface area contributed by atoms with Crippen molar-refractivity contribution in [3.8, 4) is 0 Å². The Hall–Kier alpha value is -3.67. The van der Waals surface area contributed by atoms with Crippen LogP contribution in [0.25, 0.3) is 0 Å². The number of anilines is 2. The third kappa shape index (κ3) is 5.03. The van der Waals surface area contributed by atoms with E-state index in [1.54, 1.807) is 36.5 Å². The van der Waals surface area contributed by atoms with E-state index in [0.29, 0.717) is 11.3 Å². The van der Waals surface area contributed by atoms with Crippen LogP contribution in [0.4, 0.5) is 11.4 Å². The van der Waals surface area contributed by atoms with Crippen molar-refractivity contribution in [2.45, 2.75) is 34.2 Å². The first-order valence-electron chi connectivity index (χ1n) is 9.69. The zero-order valence-corrected chi connectivity index (χ0v) is 17.6. The number of hydrogen-bond acceptors (Lipinski definition) is 3. The van der Waals surface area contributed by atoms with Gasteiger partial charge in [0, 0.05) is 29.2 Å². The maximum atomic E-state index is 12.6. The number of pyridine rings is 1. The Balaban J connectivity index is 1.66. The summed E-state index contributed by atoms with van der Waals surface area (Å²) in [6, 6.07) is 13.8. The van der Waals surface area contributed by atoms with Crippen molar-refractivity contribution in [2.75, 3.05) is 10.6 Å². The van der Waals surface area contributed by atoms with Crippen molar-refractivity contribution in [1.82, 2.24) is 4.57 Å². The lowest BCUT2D eigenvalue weighted by Gasteiger charge is -2.13. The van der Waals surface area contributed by atoms with E-state index in [4.69, 9.17) is 0 Å². The fraction of sp³-hybridized carbons (Fsp3) is 0.208. The van der Waals surface area contributed by atoms with Gasteiger partial charge in [0.25, 0.3) is 11.5 Å². The second kappa shape index (κ2) is 8.78. The lowest BCUT2D eigenvalue weighted by Crippen LogP contribution is -2.26. The molecule has 0 saturated carbocycles. The summed E-state index contributed by atoms with van der Waals surface area (Å²) in [5.74, 6) is -0.528. The maximum absolute atomic E-state index is 12.6. The van der Waals surface area contributed by atoms with Crippen molar-refractivity contribution >= 4 is 23.2 Å². The molecule has 0 unspecified atom stereocenters. The molecule has 30 heavy (non-hydrogen) atoms. The zero-order chi connectivity index (χ0) is 21.8. The number of aryl methyl sites for hydroxylation is 4. The van der Waals surface area contributed by atoms with Gasteiger partial charge < -0.3 is 15.2 Å². The molecule has 2 N–H and O–H groups in total. The number of aromatic nitrogens is 1. The first kappa shape index (κ1) is 21.0. The highest BCUT2D eigenvalue weighted by molar-refractivity contribution is 6.05. The third-order valence-electron chi connectivity index (χ3n) is 4.79. The first-order chi connectivity index (χ1) is 14.2. The van der Waals surface area contributed by atoms with E-state index < -0.39 is 0 Å². The first-order valence-corrected chi connectivity index (χ1v) is 9.69. The van der Waals surface area contributed by atoms with E-state index in [-0.39, 0.29) is 23.9 Å². The molecule has 0 aliphatic heterocycles.